The molecule has 0 amide bonds. The molecule has 0 radical (unpaired) electrons. The Bertz CT molecular complexity index is 442. The fourth-order valence-corrected chi connectivity index (χ4v) is 4.31. The van der Waals surface area contributed by atoms with Crippen LogP contribution in [-0.2, 0) is 11.2 Å². The summed E-state index contributed by atoms with van der Waals surface area (Å²) in [7, 11) is 2.04. The third-order valence-corrected chi connectivity index (χ3v) is 5.80. The van der Waals surface area contributed by atoms with Crippen LogP contribution in [0.4, 0.5) is 0 Å². The van der Waals surface area contributed by atoms with Crippen molar-refractivity contribution in [1.82, 2.24) is 15.2 Å². The van der Waals surface area contributed by atoms with E-state index in [1.54, 1.807) is 0 Å². The predicted octanol–water partition coefficient (Wildman–Crippen LogP) is 1.75. The van der Waals surface area contributed by atoms with E-state index < -0.39 is 0 Å². The topological polar surface area (TPSA) is 37.4 Å². The molecule has 0 saturated carbocycles. The van der Waals surface area contributed by atoms with E-state index in [1.165, 1.54) is 35.0 Å². The number of ether oxygens (including phenoxy) is 1. The Balaban J connectivity index is 1.64. The highest BCUT2D eigenvalue weighted by Crippen LogP contribution is 2.25. The summed E-state index contributed by atoms with van der Waals surface area (Å²) in [5.41, 5.74) is 1.17. The molecule has 3 rings (SSSR count). The molecule has 2 aliphatic rings. The Morgan fingerprint density at radius 1 is 1.50 bits per heavy atom. The van der Waals surface area contributed by atoms with Crippen LogP contribution in [0.25, 0.3) is 0 Å². The molecule has 0 spiro atoms. The standard InChI is InChI=1S/C15H25N3OS/c1-10-11(2)20-15(17-10)7-13(16-3)14-8-18-6-4-5-12(18)9-19-14/h12-14,16H,4-9H2,1-3H3. The fourth-order valence-electron chi connectivity index (χ4n) is 3.32. The summed E-state index contributed by atoms with van der Waals surface area (Å²) >= 11 is 1.82. The second kappa shape index (κ2) is 6.10. The van der Waals surface area contributed by atoms with Gasteiger partial charge in [-0.3, -0.25) is 4.90 Å². The van der Waals surface area contributed by atoms with Crippen LogP contribution in [0, 0.1) is 13.8 Å². The molecule has 1 N–H and O–H groups in total. The minimum absolute atomic E-state index is 0.291. The van der Waals surface area contributed by atoms with Crippen molar-refractivity contribution in [3.63, 3.8) is 0 Å². The van der Waals surface area contributed by atoms with Gasteiger partial charge in [-0.15, -0.1) is 11.3 Å². The SMILES string of the molecule is CNC(Cc1nc(C)c(C)s1)C1CN2CCCC2CO1. The largest absolute Gasteiger partial charge is 0.374 e. The highest BCUT2D eigenvalue weighted by Gasteiger charge is 2.35. The number of hydrogen-bond donors (Lipinski definition) is 1. The van der Waals surface area contributed by atoms with Crippen LogP contribution in [0.3, 0.4) is 0 Å². The van der Waals surface area contributed by atoms with E-state index in [2.05, 4.69) is 29.0 Å². The number of hydrogen-bond acceptors (Lipinski definition) is 5. The van der Waals surface area contributed by atoms with Crippen LogP contribution < -0.4 is 5.32 Å². The lowest BCUT2D eigenvalue weighted by Gasteiger charge is -2.38. The normalized spacial score (nSPS) is 28.6. The Morgan fingerprint density at radius 3 is 3.05 bits per heavy atom. The van der Waals surface area contributed by atoms with E-state index in [0.717, 1.165) is 19.6 Å². The highest BCUT2D eigenvalue weighted by molar-refractivity contribution is 7.11. The molecule has 3 heterocycles. The summed E-state index contributed by atoms with van der Waals surface area (Å²) < 4.78 is 6.13. The van der Waals surface area contributed by atoms with Gasteiger partial charge in [-0.2, -0.15) is 0 Å². The first kappa shape index (κ1) is 14.4. The van der Waals surface area contributed by atoms with Crippen molar-refractivity contribution in [2.24, 2.45) is 0 Å². The maximum Gasteiger partial charge on any atom is 0.0947 e. The van der Waals surface area contributed by atoms with Gasteiger partial charge in [0.1, 0.15) is 0 Å². The van der Waals surface area contributed by atoms with Crippen molar-refractivity contribution in [3.8, 4) is 0 Å². The van der Waals surface area contributed by atoms with Crippen molar-refractivity contribution in [3.05, 3.63) is 15.6 Å². The van der Waals surface area contributed by atoms with Gasteiger partial charge in [-0.1, -0.05) is 0 Å². The summed E-state index contributed by atoms with van der Waals surface area (Å²) in [4.78, 5) is 8.61. The smallest absolute Gasteiger partial charge is 0.0947 e. The average Bonchev–Trinajstić information content (AvgIpc) is 3.02. The van der Waals surface area contributed by atoms with Crippen molar-refractivity contribution in [1.29, 1.82) is 0 Å². The highest BCUT2D eigenvalue weighted by atomic mass is 32.1. The zero-order chi connectivity index (χ0) is 14.1. The van der Waals surface area contributed by atoms with Gasteiger partial charge in [0.05, 0.1) is 23.4 Å². The number of aryl methyl sites for hydroxylation is 2. The number of morpholine rings is 1. The van der Waals surface area contributed by atoms with Crippen LogP contribution in [-0.4, -0.2) is 54.8 Å². The molecule has 3 unspecified atom stereocenters. The molecule has 4 nitrogen and oxygen atoms in total. The Labute approximate surface area is 125 Å². The monoisotopic (exact) mass is 295 g/mol. The van der Waals surface area contributed by atoms with Gasteiger partial charge >= 0.3 is 0 Å². The molecular weight excluding hydrogens is 270 g/mol. The molecule has 0 bridgehead atoms. The number of nitrogens with zero attached hydrogens (tertiary/aromatic N) is 2. The number of aromatic nitrogens is 1. The zero-order valence-electron chi connectivity index (χ0n) is 12.7. The van der Waals surface area contributed by atoms with Crippen LogP contribution in [0.5, 0.6) is 0 Å². The van der Waals surface area contributed by atoms with Crippen molar-refractivity contribution in [2.75, 3.05) is 26.7 Å². The van der Waals surface area contributed by atoms with E-state index in [-0.39, 0.29) is 0 Å². The third kappa shape index (κ3) is 2.91. The van der Waals surface area contributed by atoms with Gasteiger partial charge in [-0.05, 0) is 40.3 Å². The first-order valence-electron chi connectivity index (χ1n) is 7.63. The summed E-state index contributed by atoms with van der Waals surface area (Å²) in [6, 6.07) is 1.04. The number of thiazole rings is 1. The summed E-state index contributed by atoms with van der Waals surface area (Å²) in [5.74, 6) is 0. The van der Waals surface area contributed by atoms with E-state index in [4.69, 9.17) is 4.74 Å². The molecule has 1 aromatic heterocycles. The van der Waals surface area contributed by atoms with E-state index in [9.17, 15) is 0 Å². The lowest BCUT2D eigenvalue weighted by molar-refractivity contribution is -0.0634. The number of nitrogens with one attached hydrogen (secondary N) is 1. The van der Waals surface area contributed by atoms with E-state index in [1.807, 2.05) is 18.4 Å². The minimum atomic E-state index is 0.291. The average molecular weight is 295 g/mol. The molecule has 0 aliphatic carbocycles. The molecular formula is C15H25N3OS. The molecule has 20 heavy (non-hydrogen) atoms. The number of rotatable bonds is 4. The van der Waals surface area contributed by atoms with Crippen LogP contribution in [0.2, 0.25) is 0 Å². The molecule has 112 valence electrons. The first-order valence-corrected chi connectivity index (χ1v) is 8.45. The molecule has 2 saturated heterocycles. The van der Waals surface area contributed by atoms with Crippen LogP contribution >= 0.6 is 11.3 Å². The Morgan fingerprint density at radius 2 is 2.35 bits per heavy atom. The number of fused-ring (bicyclic) bond motifs is 1. The van der Waals surface area contributed by atoms with Crippen molar-refractivity contribution < 1.29 is 4.74 Å². The second-order valence-electron chi connectivity index (χ2n) is 6.01. The Kier molecular flexibility index (Phi) is 4.40. The van der Waals surface area contributed by atoms with Gasteiger partial charge in [0, 0.05) is 29.9 Å². The minimum Gasteiger partial charge on any atom is -0.374 e. The molecule has 0 aromatic carbocycles. The van der Waals surface area contributed by atoms with Gasteiger partial charge in [0.25, 0.3) is 0 Å². The van der Waals surface area contributed by atoms with E-state index in [0.29, 0.717) is 18.2 Å². The summed E-state index contributed by atoms with van der Waals surface area (Å²) in [6.45, 7) is 7.46. The van der Waals surface area contributed by atoms with Gasteiger partial charge < -0.3 is 10.1 Å². The second-order valence-corrected chi connectivity index (χ2v) is 7.30. The van der Waals surface area contributed by atoms with Gasteiger partial charge in [0.15, 0.2) is 0 Å². The van der Waals surface area contributed by atoms with E-state index >= 15 is 0 Å². The summed E-state index contributed by atoms with van der Waals surface area (Å²) in [5, 5.41) is 4.67. The fraction of sp³-hybridized carbons (Fsp3) is 0.800. The molecule has 3 atom stereocenters. The number of likely N-dealkylation sites (N-methyl/N-ethyl adjacent to an activating group) is 1. The first-order chi connectivity index (χ1) is 9.67. The molecule has 1 aromatic rings. The lowest BCUT2D eigenvalue weighted by atomic mass is 10.0. The maximum absolute atomic E-state index is 6.13. The van der Waals surface area contributed by atoms with Crippen LogP contribution in [0.15, 0.2) is 0 Å². The zero-order valence-corrected chi connectivity index (χ0v) is 13.5. The van der Waals surface area contributed by atoms with Crippen molar-refractivity contribution >= 4 is 11.3 Å². The van der Waals surface area contributed by atoms with Crippen molar-refractivity contribution in [2.45, 2.75) is 51.3 Å². The molecule has 5 heteroatoms. The third-order valence-electron chi connectivity index (χ3n) is 4.70. The quantitative estimate of drug-likeness (QED) is 0.918. The van der Waals surface area contributed by atoms with Crippen LogP contribution in [0.1, 0.15) is 28.4 Å². The molecule has 2 aliphatic heterocycles. The summed E-state index contributed by atoms with van der Waals surface area (Å²) in [6.07, 6.45) is 3.90. The van der Waals surface area contributed by atoms with Gasteiger partial charge in [0.2, 0.25) is 0 Å². The molecule has 2 fully saturated rings. The van der Waals surface area contributed by atoms with Gasteiger partial charge in [-0.25, -0.2) is 4.98 Å². The predicted molar refractivity (Wildman–Crippen MR) is 82.5 cm³/mol. The lowest BCUT2D eigenvalue weighted by Crippen LogP contribution is -2.54. The maximum atomic E-state index is 6.13. The Hall–Kier alpha value is -0.490.